The second kappa shape index (κ2) is 10.2. The van der Waals surface area contributed by atoms with Crippen LogP contribution in [0.5, 0.6) is 0 Å². The number of alkyl halides is 3. The first kappa shape index (κ1) is 24.7. The molecule has 190 valence electrons. The fraction of sp³-hybridized carbons (Fsp3) is 0.231. The highest BCUT2D eigenvalue weighted by atomic mass is 32.1. The van der Waals surface area contributed by atoms with Gasteiger partial charge in [0.15, 0.2) is 0 Å². The van der Waals surface area contributed by atoms with Crippen molar-refractivity contribution in [3.05, 3.63) is 65.7 Å². The molecule has 0 unspecified atom stereocenters. The van der Waals surface area contributed by atoms with Gasteiger partial charge in [0.05, 0.1) is 23.2 Å². The minimum Gasteiger partial charge on any atom is -0.466 e. The summed E-state index contributed by atoms with van der Waals surface area (Å²) in [5.74, 6) is 0.0377. The van der Waals surface area contributed by atoms with Crippen LogP contribution in [0, 0.1) is 0 Å². The summed E-state index contributed by atoms with van der Waals surface area (Å²) in [5.41, 5.74) is 2.05. The Kier molecular flexibility index (Phi) is 6.79. The van der Waals surface area contributed by atoms with E-state index in [1.54, 1.807) is 54.2 Å². The van der Waals surface area contributed by atoms with Gasteiger partial charge >= 0.3 is 12.1 Å². The zero-order chi connectivity index (χ0) is 26.0. The van der Waals surface area contributed by atoms with Crippen molar-refractivity contribution >= 4 is 28.2 Å². The Labute approximate surface area is 213 Å². The van der Waals surface area contributed by atoms with E-state index in [2.05, 4.69) is 15.2 Å². The molecule has 2 aromatic carbocycles. The molecule has 0 amide bonds. The van der Waals surface area contributed by atoms with Crippen molar-refractivity contribution in [1.29, 1.82) is 0 Å². The summed E-state index contributed by atoms with van der Waals surface area (Å²) in [6, 6.07) is 15.3. The molecule has 3 aromatic heterocycles. The number of halogens is 3. The molecule has 0 saturated heterocycles. The summed E-state index contributed by atoms with van der Waals surface area (Å²) in [4.78, 5) is 15.4. The molecule has 0 radical (unpaired) electrons. The predicted molar refractivity (Wildman–Crippen MR) is 133 cm³/mol. The van der Waals surface area contributed by atoms with Gasteiger partial charge in [0.25, 0.3) is 5.89 Å². The largest absolute Gasteiger partial charge is 0.466 e. The number of carbonyl (C=O) groups is 1. The average Bonchev–Trinajstić information content (AvgIpc) is 3.62. The van der Waals surface area contributed by atoms with E-state index >= 15 is 0 Å². The number of aromatic nitrogens is 4. The number of benzene rings is 2. The molecule has 0 aliphatic rings. The van der Waals surface area contributed by atoms with Gasteiger partial charge in [-0.2, -0.15) is 23.3 Å². The molecule has 0 spiro atoms. The molecule has 0 N–H and O–H groups in total. The predicted octanol–water partition coefficient (Wildman–Crippen LogP) is 6.84. The fourth-order valence-electron chi connectivity index (χ4n) is 3.99. The molecule has 0 fully saturated rings. The highest BCUT2D eigenvalue weighted by Gasteiger charge is 2.37. The number of aryl methyl sites for hydroxylation is 1. The van der Waals surface area contributed by atoms with Gasteiger partial charge in [-0.05, 0) is 43.2 Å². The number of rotatable bonds is 8. The summed E-state index contributed by atoms with van der Waals surface area (Å²) in [6.45, 7) is 2.68. The number of hydrogen-bond donors (Lipinski definition) is 0. The van der Waals surface area contributed by atoms with E-state index in [1.807, 2.05) is 12.1 Å². The van der Waals surface area contributed by atoms with E-state index in [4.69, 9.17) is 9.26 Å². The first-order valence-corrected chi connectivity index (χ1v) is 12.4. The second-order valence-corrected chi connectivity index (χ2v) is 9.24. The van der Waals surface area contributed by atoms with Crippen LogP contribution in [-0.4, -0.2) is 32.5 Å². The molecule has 0 aliphatic carbocycles. The van der Waals surface area contributed by atoms with Crippen LogP contribution in [0.15, 0.2) is 65.3 Å². The quantitative estimate of drug-likeness (QED) is 0.206. The molecular formula is C26H21F3N4O3S. The summed E-state index contributed by atoms with van der Waals surface area (Å²) in [5, 5.41) is 9.22. The van der Waals surface area contributed by atoms with Crippen molar-refractivity contribution in [3.8, 4) is 33.3 Å². The number of thiophene rings is 1. The fourth-order valence-corrected chi connectivity index (χ4v) is 4.96. The molecule has 3 heterocycles. The minimum absolute atomic E-state index is 0.0161. The van der Waals surface area contributed by atoms with Gasteiger partial charge in [-0.1, -0.05) is 35.5 Å². The van der Waals surface area contributed by atoms with Crippen LogP contribution in [0.25, 0.3) is 44.2 Å². The van der Waals surface area contributed by atoms with Crippen LogP contribution >= 0.6 is 11.3 Å². The molecule has 0 atom stereocenters. The third-order valence-corrected chi connectivity index (χ3v) is 6.84. The van der Waals surface area contributed by atoms with E-state index < -0.39 is 11.1 Å². The smallest absolute Gasteiger partial charge is 0.426 e. The lowest BCUT2D eigenvalue weighted by atomic mass is 10.1. The first-order valence-electron chi connectivity index (χ1n) is 11.6. The molecule has 11 heteroatoms. The van der Waals surface area contributed by atoms with Gasteiger partial charge in [-0.3, -0.25) is 9.48 Å². The standard InChI is InChI=1S/C26H21F3N4O3S/c1-2-35-22(34)9-6-12-33-20-11-10-17(13-18(20)15-30-33)24-31-25(36-32-24)21-14-19(16-7-4-3-5-8-16)23(37-21)26(27,28)29/h3-5,7-8,10-11,13-15H,2,6,9,12H2,1H3. The summed E-state index contributed by atoms with van der Waals surface area (Å²) < 4.78 is 53.3. The third kappa shape index (κ3) is 5.26. The monoisotopic (exact) mass is 526 g/mol. The maximum Gasteiger partial charge on any atom is 0.426 e. The normalized spacial score (nSPS) is 11.8. The number of fused-ring (bicyclic) bond motifs is 1. The Hall–Kier alpha value is -3.99. The maximum atomic E-state index is 13.7. The first-order chi connectivity index (χ1) is 17.8. The topological polar surface area (TPSA) is 83.0 Å². The summed E-state index contributed by atoms with van der Waals surface area (Å²) in [6.07, 6.45) is -1.91. The summed E-state index contributed by atoms with van der Waals surface area (Å²) in [7, 11) is 0. The molecule has 37 heavy (non-hydrogen) atoms. The van der Waals surface area contributed by atoms with E-state index in [0.29, 0.717) is 48.5 Å². The van der Waals surface area contributed by atoms with E-state index in [1.165, 1.54) is 6.07 Å². The minimum atomic E-state index is -4.52. The van der Waals surface area contributed by atoms with Gasteiger partial charge in [0.2, 0.25) is 5.82 Å². The SMILES string of the molecule is CCOC(=O)CCCn1ncc2cc(-c3noc(-c4cc(-c5ccccc5)c(C(F)(F)F)s4)n3)ccc21. The molecule has 5 aromatic rings. The van der Waals surface area contributed by atoms with E-state index in [0.717, 1.165) is 10.9 Å². The third-order valence-electron chi connectivity index (χ3n) is 5.67. The van der Waals surface area contributed by atoms with Gasteiger partial charge in [-0.15, -0.1) is 11.3 Å². The molecule has 5 rings (SSSR count). The van der Waals surface area contributed by atoms with Crippen molar-refractivity contribution in [3.63, 3.8) is 0 Å². The van der Waals surface area contributed by atoms with Crippen LogP contribution in [0.4, 0.5) is 13.2 Å². The Morgan fingerprint density at radius 2 is 1.92 bits per heavy atom. The van der Waals surface area contributed by atoms with Crippen molar-refractivity contribution in [2.75, 3.05) is 6.61 Å². The Morgan fingerprint density at radius 1 is 1.11 bits per heavy atom. The van der Waals surface area contributed by atoms with Crippen LogP contribution in [-0.2, 0) is 22.3 Å². The Balaban J connectivity index is 1.39. The van der Waals surface area contributed by atoms with Gasteiger partial charge in [-0.25, -0.2) is 0 Å². The van der Waals surface area contributed by atoms with Crippen molar-refractivity contribution in [2.24, 2.45) is 0 Å². The lowest BCUT2D eigenvalue weighted by molar-refractivity contribution is -0.143. The molecular weight excluding hydrogens is 505 g/mol. The van der Waals surface area contributed by atoms with Crippen molar-refractivity contribution in [2.45, 2.75) is 32.5 Å². The van der Waals surface area contributed by atoms with Crippen LogP contribution in [0.1, 0.15) is 24.6 Å². The van der Waals surface area contributed by atoms with Gasteiger partial charge in [0, 0.05) is 29.5 Å². The maximum absolute atomic E-state index is 13.7. The lowest BCUT2D eigenvalue weighted by Gasteiger charge is -2.07. The number of carbonyl (C=O) groups excluding carboxylic acids is 1. The summed E-state index contributed by atoms with van der Waals surface area (Å²) >= 11 is 0.574. The molecule has 0 aliphatic heterocycles. The molecule has 0 saturated carbocycles. The van der Waals surface area contributed by atoms with Crippen molar-refractivity contribution in [1.82, 2.24) is 19.9 Å². The Morgan fingerprint density at radius 3 is 2.68 bits per heavy atom. The lowest BCUT2D eigenvalue weighted by Crippen LogP contribution is -2.07. The number of hydrogen-bond acceptors (Lipinski definition) is 7. The van der Waals surface area contributed by atoms with Gasteiger partial charge < -0.3 is 9.26 Å². The zero-order valence-corrected chi connectivity index (χ0v) is 20.5. The number of ether oxygens (including phenoxy) is 1. The number of esters is 1. The molecule has 7 nitrogen and oxygen atoms in total. The molecule has 0 bridgehead atoms. The average molecular weight is 527 g/mol. The van der Waals surface area contributed by atoms with Gasteiger partial charge in [0.1, 0.15) is 4.88 Å². The second-order valence-electron chi connectivity index (χ2n) is 8.19. The van der Waals surface area contributed by atoms with E-state index in [9.17, 15) is 18.0 Å². The highest BCUT2D eigenvalue weighted by molar-refractivity contribution is 7.16. The van der Waals surface area contributed by atoms with Crippen LogP contribution < -0.4 is 0 Å². The van der Waals surface area contributed by atoms with Crippen LogP contribution in [0.3, 0.4) is 0 Å². The van der Waals surface area contributed by atoms with Crippen molar-refractivity contribution < 1.29 is 27.2 Å². The highest BCUT2D eigenvalue weighted by Crippen LogP contribution is 2.45. The number of nitrogens with zero attached hydrogens (tertiary/aromatic N) is 4. The Bertz CT molecular complexity index is 1540. The van der Waals surface area contributed by atoms with E-state index in [-0.39, 0.29) is 28.1 Å². The zero-order valence-electron chi connectivity index (χ0n) is 19.7. The van der Waals surface area contributed by atoms with Crippen LogP contribution in [0.2, 0.25) is 0 Å².